The summed E-state index contributed by atoms with van der Waals surface area (Å²) in [4.78, 5) is 0. The zero-order chi connectivity index (χ0) is 6.85. The van der Waals surface area contributed by atoms with Crippen molar-refractivity contribution in [1.29, 1.82) is 0 Å². The Hall–Kier alpha value is -0.0700. The molecule has 1 heteroatoms. The molecule has 0 radical (unpaired) electrons. The van der Waals surface area contributed by atoms with Crippen molar-refractivity contribution < 1.29 is 4.39 Å². The second kappa shape index (κ2) is 2.68. The van der Waals surface area contributed by atoms with Gasteiger partial charge in [-0.2, -0.15) is 0 Å². The van der Waals surface area contributed by atoms with Crippen molar-refractivity contribution in [2.24, 2.45) is 11.8 Å². The molecule has 54 valence electrons. The van der Waals surface area contributed by atoms with Gasteiger partial charge >= 0.3 is 0 Å². The van der Waals surface area contributed by atoms with Gasteiger partial charge in [-0.05, 0) is 24.7 Å². The summed E-state index contributed by atoms with van der Waals surface area (Å²) >= 11 is 0. The molecule has 1 aliphatic rings. The third kappa shape index (κ3) is 1.67. The third-order valence-electron chi connectivity index (χ3n) is 2.36. The van der Waals surface area contributed by atoms with E-state index < -0.39 is 6.17 Å². The van der Waals surface area contributed by atoms with E-state index in [1.54, 1.807) is 0 Å². The Morgan fingerprint density at radius 1 is 1.22 bits per heavy atom. The van der Waals surface area contributed by atoms with Gasteiger partial charge in [-0.15, -0.1) is 0 Å². The largest absolute Gasteiger partial charge is 0.247 e. The molecule has 0 heterocycles. The molecule has 0 aromatic rings. The summed E-state index contributed by atoms with van der Waals surface area (Å²) in [5.41, 5.74) is 0. The van der Waals surface area contributed by atoms with Crippen molar-refractivity contribution in [3.8, 4) is 0 Å². The molecule has 0 aromatic heterocycles. The molecule has 0 N–H and O–H groups in total. The summed E-state index contributed by atoms with van der Waals surface area (Å²) in [6.07, 6.45) is 2.58. The zero-order valence-electron chi connectivity index (χ0n) is 6.23. The van der Waals surface area contributed by atoms with Crippen LogP contribution in [0.1, 0.15) is 33.1 Å². The molecule has 0 amide bonds. The molecule has 1 fully saturated rings. The van der Waals surface area contributed by atoms with E-state index >= 15 is 0 Å². The average molecular weight is 130 g/mol. The molecule has 1 saturated carbocycles. The number of alkyl halides is 1. The second-order valence-electron chi connectivity index (χ2n) is 3.41. The predicted octanol–water partition coefficient (Wildman–Crippen LogP) is 2.78. The highest BCUT2D eigenvalue weighted by atomic mass is 19.1. The van der Waals surface area contributed by atoms with Crippen LogP contribution in [0, 0.1) is 11.8 Å². The van der Waals surface area contributed by atoms with Crippen LogP contribution in [0.15, 0.2) is 0 Å². The van der Waals surface area contributed by atoms with Gasteiger partial charge in [0, 0.05) is 0 Å². The maximum atomic E-state index is 12.8. The predicted molar refractivity (Wildman–Crippen MR) is 37.1 cm³/mol. The Morgan fingerprint density at radius 2 is 1.89 bits per heavy atom. The molecule has 1 rings (SSSR count). The first kappa shape index (κ1) is 7.04. The van der Waals surface area contributed by atoms with E-state index in [-0.39, 0.29) is 0 Å². The third-order valence-corrected chi connectivity index (χ3v) is 2.36. The Labute approximate surface area is 56.5 Å². The Kier molecular flexibility index (Phi) is 2.09. The molecule has 0 nitrogen and oxygen atoms in total. The van der Waals surface area contributed by atoms with Gasteiger partial charge in [-0.3, -0.25) is 0 Å². The lowest BCUT2D eigenvalue weighted by atomic mass is 9.83. The zero-order valence-corrected chi connectivity index (χ0v) is 6.23. The lowest BCUT2D eigenvalue weighted by Gasteiger charge is -2.26. The second-order valence-corrected chi connectivity index (χ2v) is 3.41. The Bertz CT molecular complexity index is 90.6. The lowest BCUT2D eigenvalue weighted by molar-refractivity contribution is 0.145. The van der Waals surface area contributed by atoms with Crippen molar-refractivity contribution in [2.45, 2.75) is 39.3 Å². The summed E-state index contributed by atoms with van der Waals surface area (Å²) in [6, 6.07) is 0. The maximum absolute atomic E-state index is 12.8. The highest BCUT2D eigenvalue weighted by Gasteiger charge is 2.24. The topological polar surface area (TPSA) is 0 Å². The SMILES string of the molecule is C[C@@H]1CC[C@H](C)C(F)C1. The first-order chi connectivity index (χ1) is 4.20. The number of hydrogen-bond donors (Lipinski definition) is 0. The quantitative estimate of drug-likeness (QED) is 0.473. The van der Waals surface area contributed by atoms with Crippen LogP contribution in [-0.4, -0.2) is 6.17 Å². The van der Waals surface area contributed by atoms with Crippen LogP contribution in [0.4, 0.5) is 4.39 Å². The van der Waals surface area contributed by atoms with Gasteiger partial charge in [0.25, 0.3) is 0 Å². The van der Waals surface area contributed by atoms with E-state index in [1.807, 2.05) is 6.92 Å². The fourth-order valence-electron chi connectivity index (χ4n) is 1.46. The fraction of sp³-hybridized carbons (Fsp3) is 1.00. The number of rotatable bonds is 0. The van der Waals surface area contributed by atoms with Crippen LogP contribution in [0.5, 0.6) is 0 Å². The van der Waals surface area contributed by atoms with Crippen LogP contribution < -0.4 is 0 Å². The summed E-state index contributed by atoms with van der Waals surface area (Å²) in [6.45, 7) is 4.15. The molecule has 0 spiro atoms. The van der Waals surface area contributed by atoms with E-state index in [9.17, 15) is 4.39 Å². The van der Waals surface area contributed by atoms with Gasteiger partial charge in [-0.1, -0.05) is 20.3 Å². The molecule has 3 atom stereocenters. The molecule has 1 unspecified atom stereocenters. The van der Waals surface area contributed by atoms with Gasteiger partial charge in [-0.25, -0.2) is 4.39 Å². The first-order valence-corrected chi connectivity index (χ1v) is 3.84. The van der Waals surface area contributed by atoms with Gasteiger partial charge in [0.2, 0.25) is 0 Å². The van der Waals surface area contributed by atoms with Crippen LogP contribution >= 0.6 is 0 Å². The van der Waals surface area contributed by atoms with Crippen molar-refractivity contribution >= 4 is 0 Å². The molecule has 0 saturated heterocycles. The summed E-state index contributed by atoms with van der Waals surface area (Å²) in [5, 5.41) is 0. The molecular weight excluding hydrogens is 115 g/mol. The van der Waals surface area contributed by atoms with E-state index in [4.69, 9.17) is 0 Å². The normalized spacial score (nSPS) is 45.0. The van der Waals surface area contributed by atoms with E-state index in [1.165, 1.54) is 6.42 Å². The van der Waals surface area contributed by atoms with E-state index in [2.05, 4.69) is 6.92 Å². The van der Waals surface area contributed by atoms with Crippen molar-refractivity contribution in [2.75, 3.05) is 0 Å². The standard InChI is InChI=1S/C8H15F/c1-6-3-4-7(2)8(9)5-6/h6-8H,3-5H2,1-2H3/t6-,7+,8?/m1/s1. The summed E-state index contributed by atoms with van der Waals surface area (Å²) in [7, 11) is 0. The van der Waals surface area contributed by atoms with Gasteiger partial charge in [0.1, 0.15) is 6.17 Å². The average Bonchev–Trinajstić information content (AvgIpc) is 1.80. The van der Waals surface area contributed by atoms with Gasteiger partial charge in [0.05, 0.1) is 0 Å². The van der Waals surface area contributed by atoms with Gasteiger partial charge < -0.3 is 0 Å². The minimum Gasteiger partial charge on any atom is -0.247 e. The molecule has 1 aliphatic carbocycles. The minimum atomic E-state index is -0.520. The number of halogens is 1. The van der Waals surface area contributed by atoms with Crippen LogP contribution in [0.2, 0.25) is 0 Å². The molecule has 0 aliphatic heterocycles. The molecule has 0 bridgehead atoms. The van der Waals surface area contributed by atoms with E-state index in [0.29, 0.717) is 11.8 Å². The van der Waals surface area contributed by atoms with Crippen molar-refractivity contribution in [3.05, 3.63) is 0 Å². The first-order valence-electron chi connectivity index (χ1n) is 3.84. The smallest absolute Gasteiger partial charge is 0.103 e. The number of hydrogen-bond acceptors (Lipinski definition) is 0. The van der Waals surface area contributed by atoms with Crippen molar-refractivity contribution in [1.82, 2.24) is 0 Å². The van der Waals surface area contributed by atoms with Gasteiger partial charge in [0.15, 0.2) is 0 Å². The molecule has 9 heavy (non-hydrogen) atoms. The monoisotopic (exact) mass is 130 g/mol. The summed E-state index contributed by atoms with van der Waals surface area (Å²) < 4.78 is 12.8. The molecule has 0 aromatic carbocycles. The molecular formula is C8H15F. The van der Waals surface area contributed by atoms with Crippen LogP contribution in [-0.2, 0) is 0 Å². The van der Waals surface area contributed by atoms with Crippen LogP contribution in [0.3, 0.4) is 0 Å². The minimum absolute atomic E-state index is 0.321. The lowest BCUT2D eigenvalue weighted by Crippen LogP contribution is -2.22. The maximum Gasteiger partial charge on any atom is 0.103 e. The summed E-state index contributed by atoms with van der Waals surface area (Å²) in [5.74, 6) is 0.942. The Balaban J connectivity index is 2.35. The highest BCUT2D eigenvalue weighted by molar-refractivity contribution is 4.74. The van der Waals surface area contributed by atoms with E-state index in [0.717, 1.165) is 12.8 Å². The highest BCUT2D eigenvalue weighted by Crippen LogP contribution is 2.30. The fourth-order valence-corrected chi connectivity index (χ4v) is 1.46. The Morgan fingerprint density at radius 3 is 2.33 bits per heavy atom. The van der Waals surface area contributed by atoms with Crippen LogP contribution in [0.25, 0.3) is 0 Å². The van der Waals surface area contributed by atoms with Crippen molar-refractivity contribution in [3.63, 3.8) is 0 Å².